The molecular formula is C14H17F3N2O. The van der Waals surface area contributed by atoms with Gasteiger partial charge in [0.05, 0.1) is 6.04 Å². The van der Waals surface area contributed by atoms with Crippen molar-refractivity contribution in [1.82, 2.24) is 4.90 Å². The van der Waals surface area contributed by atoms with Crippen molar-refractivity contribution >= 4 is 5.91 Å². The monoisotopic (exact) mass is 286 g/mol. The van der Waals surface area contributed by atoms with E-state index >= 15 is 0 Å². The highest BCUT2D eigenvalue weighted by Crippen LogP contribution is 2.34. The van der Waals surface area contributed by atoms with E-state index in [0.29, 0.717) is 6.42 Å². The Kier molecular flexibility index (Phi) is 4.04. The van der Waals surface area contributed by atoms with E-state index in [-0.39, 0.29) is 5.92 Å². The zero-order chi connectivity index (χ0) is 14.9. The molecule has 1 saturated heterocycles. The largest absolute Gasteiger partial charge is 0.406 e. The fourth-order valence-electron chi connectivity index (χ4n) is 2.73. The summed E-state index contributed by atoms with van der Waals surface area (Å²) in [5, 5.41) is 0. The number of carbonyl (C=O) groups is 1. The van der Waals surface area contributed by atoms with Gasteiger partial charge < -0.3 is 10.6 Å². The summed E-state index contributed by atoms with van der Waals surface area (Å²) >= 11 is 0. The molecule has 0 spiro atoms. The molecule has 0 aliphatic carbocycles. The summed E-state index contributed by atoms with van der Waals surface area (Å²) in [5.41, 5.74) is 6.63. The Morgan fingerprint density at radius 2 is 1.90 bits per heavy atom. The predicted octanol–water partition coefficient (Wildman–Crippen LogP) is 2.28. The van der Waals surface area contributed by atoms with Crippen molar-refractivity contribution in [2.75, 3.05) is 6.54 Å². The molecule has 1 aliphatic rings. The van der Waals surface area contributed by atoms with Crippen molar-refractivity contribution in [3.8, 4) is 0 Å². The molecule has 2 rings (SSSR count). The molecule has 1 amide bonds. The zero-order valence-corrected chi connectivity index (χ0v) is 11.1. The Hall–Kier alpha value is -1.56. The Bertz CT molecular complexity index is 475. The van der Waals surface area contributed by atoms with Crippen LogP contribution in [0.2, 0.25) is 0 Å². The van der Waals surface area contributed by atoms with E-state index in [9.17, 15) is 18.0 Å². The normalized spacial score (nSPS) is 27.8. The highest BCUT2D eigenvalue weighted by molar-refractivity contribution is 5.83. The topological polar surface area (TPSA) is 46.3 Å². The highest BCUT2D eigenvalue weighted by Gasteiger charge is 2.43. The third kappa shape index (κ3) is 3.12. The van der Waals surface area contributed by atoms with E-state index in [4.69, 9.17) is 5.73 Å². The Labute approximate surface area is 115 Å². The molecule has 1 fully saturated rings. The summed E-state index contributed by atoms with van der Waals surface area (Å²) in [6.07, 6.45) is -4.04. The molecule has 110 valence electrons. The second-order valence-corrected chi connectivity index (χ2v) is 5.18. The second kappa shape index (κ2) is 5.44. The Morgan fingerprint density at radius 1 is 1.30 bits per heavy atom. The Morgan fingerprint density at radius 3 is 2.45 bits per heavy atom. The van der Waals surface area contributed by atoms with Gasteiger partial charge in [-0.25, -0.2) is 0 Å². The Balaban J connectivity index is 2.26. The summed E-state index contributed by atoms with van der Waals surface area (Å²) < 4.78 is 37.8. The smallest absolute Gasteiger partial charge is 0.329 e. The molecule has 3 nitrogen and oxygen atoms in total. The fraction of sp³-hybridized carbons (Fsp3) is 0.500. The van der Waals surface area contributed by atoms with Crippen LogP contribution >= 0.6 is 0 Å². The van der Waals surface area contributed by atoms with Gasteiger partial charge in [-0.1, -0.05) is 30.3 Å². The summed E-state index contributed by atoms with van der Waals surface area (Å²) in [5.74, 6) is -0.798. The van der Waals surface area contributed by atoms with E-state index < -0.39 is 30.7 Å². The van der Waals surface area contributed by atoms with Crippen LogP contribution in [0.1, 0.15) is 24.8 Å². The summed E-state index contributed by atoms with van der Waals surface area (Å²) in [4.78, 5) is 12.7. The predicted molar refractivity (Wildman–Crippen MR) is 69.0 cm³/mol. The maximum absolute atomic E-state index is 12.6. The van der Waals surface area contributed by atoms with Crippen molar-refractivity contribution in [3.63, 3.8) is 0 Å². The van der Waals surface area contributed by atoms with Gasteiger partial charge in [-0.2, -0.15) is 13.2 Å². The fourth-order valence-corrected chi connectivity index (χ4v) is 2.73. The molecule has 1 aromatic rings. The van der Waals surface area contributed by atoms with Crippen molar-refractivity contribution in [2.24, 2.45) is 5.73 Å². The minimum absolute atomic E-state index is 0.175. The van der Waals surface area contributed by atoms with Crippen LogP contribution in [0.5, 0.6) is 0 Å². The van der Waals surface area contributed by atoms with Gasteiger partial charge in [0.15, 0.2) is 0 Å². The molecule has 0 aromatic heterocycles. The lowest BCUT2D eigenvalue weighted by molar-refractivity contribution is -0.170. The van der Waals surface area contributed by atoms with Crippen LogP contribution < -0.4 is 5.73 Å². The lowest BCUT2D eigenvalue weighted by Crippen LogP contribution is -2.57. The van der Waals surface area contributed by atoms with Crippen LogP contribution in [-0.4, -0.2) is 35.6 Å². The van der Waals surface area contributed by atoms with Gasteiger partial charge in [-0.3, -0.25) is 4.79 Å². The number of alkyl halides is 3. The van der Waals surface area contributed by atoms with Gasteiger partial charge in [-0.15, -0.1) is 0 Å². The van der Waals surface area contributed by atoms with Gasteiger partial charge in [0.2, 0.25) is 5.91 Å². The van der Waals surface area contributed by atoms with E-state index in [1.54, 1.807) is 6.92 Å². The van der Waals surface area contributed by atoms with Crippen LogP contribution in [0.4, 0.5) is 13.2 Å². The molecule has 3 atom stereocenters. The molecule has 0 saturated carbocycles. The number of piperidine rings is 1. The average Bonchev–Trinajstić information content (AvgIpc) is 2.39. The van der Waals surface area contributed by atoms with Crippen molar-refractivity contribution in [2.45, 2.75) is 37.5 Å². The molecular weight excluding hydrogens is 269 g/mol. The van der Waals surface area contributed by atoms with E-state index in [2.05, 4.69) is 0 Å². The van der Waals surface area contributed by atoms with Crippen molar-refractivity contribution in [1.29, 1.82) is 0 Å². The molecule has 0 bridgehead atoms. The first-order valence-electron chi connectivity index (χ1n) is 6.47. The lowest BCUT2D eigenvalue weighted by Gasteiger charge is -2.42. The number of carbonyl (C=O) groups excluding carboxylic acids is 1. The van der Waals surface area contributed by atoms with Gasteiger partial charge in [0, 0.05) is 12.0 Å². The summed E-state index contributed by atoms with van der Waals surface area (Å²) in [7, 11) is 0. The van der Waals surface area contributed by atoms with Gasteiger partial charge in [-0.05, 0) is 18.9 Å². The minimum Gasteiger partial charge on any atom is -0.329 e. The summed E-state index contributed by atoms with van der Waals surface area (Å²) in [6.45, 7) is 0.400. The maximum atomic E-state index is 12.6. The highest BCUT2D eigenvalue weighted by atomic mass is 19.4. The number of hydrogen-bond donors (Lipinski definition) is 1. The first kappa shape index (κ1) is 14.8. The quantitative estimate of drug-likeness (QED) is 0.906. The summed E-state index contributed by atoms with van der Waals surface area (Å²) in [6, 6.07) is 7.82. The first-order valence-corrected chi connectivity index (χ1v) is 6.47. The van der Waals surface area contributed by atoms with E-state index in [1.165, 1.54) is 0 Å². The van der Waals surface area contributed by atoms with E-state index in [1.807, 2.05) is 30.3 Å². The van der Waals surface area contributed by atoms with Crippen molar-refractivity contribution in [3.05, 3.63) is 35.9 Å². The minimum atomic E-state index is -4.41. The average molecular weight is 286 g/mol. The number of nitrogens with zero attached hydrogens (tertiary/aromatic N) is 1. The number of hydrogen-bond acceptors (Lipinski definition) is 2. The van der Waals surface area contributed by atoms with Gasteiger partial charge >= 0.3 is 6.18 Å². The third-order valence-electron chi connectivity index (χ3n) is 3.76. The number of nitrogens with two attached hydrogens (primary N) is 1. The maximum Gasteiger partial charge on any atom is 0.406 e. The SMILES string of the molecule is C[C@@H]1[C@H](c2ccccc2)C[C@@H](N)C(=O)N1CC(F)(F)F. The lowest BCUT2D eigenvalue weighted by atomic mass is 9.82. The van der Waals surface area contributed by atoms with Crippen LogP contribution in [0.3, 0.4) is 0 Å². The number of likely N-dealkylation sites (tertiary alicyclic amines) is 1. The van der Waals surface area contributed by atoms with E-state index in [0.717, 1.165) is 10.5 Å². The molecule has 0 radical (unpaired) electrons. The van der Waals surface area contributed by atoms with Gasteiger partial charge in [0.25, 0.3) is 0 Å². The molecule has 1 aromatic carbocycles. The van der Waals surface area contributed by atoms with Crippen LogP contribution in [0, 0.1) is 0 Å². The zero-order valence-electron chi connectivity index (χ0n) is 11.1. The van der Waals surface area contributed by atoms with Crippen molar-refractivity contribution < 1.29 is 18.0 Å². The van der Waals surface area contributed by atoms with Crippen LogP contribution in [0.25, 0.3) is 0 Å². The number of rotatable bonds is 2. The number of amides is 1. The van der Waals surface area contributed by atoms with Crippen LogP contribution in [-0.2, 0) is 4.79 Å². The molecule has 2 N–H and O–H groups in total. The third-order valence-corrected chi connectivity index (χ3v) is 3.76. The second-order valence-electron chi connectivity index (χ2n) is 5.18. The number of halogens is 3. The molecule has 1 aliphatic heterocycles. The molecule has 0 unspecified atom stereocenters. The van der Waals surface area contributed by atoms with Crippen LogP contribution in [0.15, 0.2) is 30.3 Å². The molecule has 20 heavy (non-hydrogen) atoms. The van der Waals surface area contributed by atoms with Gasteiger partial charge in [0.1, 0.15) is 6.54 Å². The number of benzene rings is 1. The molecule has 1 heterocycles. The standard InChI is InChI=1S/C14H17F3N2O/c1-9-11(10-5-3-2-4-6-10)7-12(18)13(20)19(9)8-14(15,16)17/h2-6,9,11-12H,7-8,18H2,1H3/t9-,11-,12-/m1/s1. The molecule has 6 heteroatoms. The first-order chi connectivity index (χ1) is 9.29.